The van der Waals surface area contributed by atoms with Gasteiger partial charge >= 0.3 is 0 Å². The van der Waals surface area contributed by atoms with Crippen LogP contribution in [-0.4, -0.2) is 30.6 Å². The van der Waals surface area contributed by atoms with Crippen molar-refractivity contribution in [1.82, 2.24) is 10.2 Å². The first-order valence-electron chi connectivity index (χ1n) is 8.82. The zero-order chi connectivity index (χ0) is 14.5. The maximum Gasteiger partial charge on any atom is 0.0239 e. The van der Waals surface area contributed by atoms with E-state index < -0.39 is 0 Å². The minimum absolute atomic E-state index is 0.742. The molecule has 1 heterocycles. The molecule has 0 spiro atoms. The van der Waals surface area contributed by atoms with Crippen LogP contribution in [0, 0.1) is 12.8 Å². The molecule has 1 aliphatic carbocycles. The standard InChI is InChI=1S/C19H30N2/c1-16-7-5-6-10-18(16)15-21(19-11-12-20-13-19)14-17-8-3-2-4-9-17/h5-7,10,17,19-20H,2-4,8-9,11-15H2,1H3/t19-/m0/s1. The Bertz CT molecular complexity index is 431. The number of benzene rings is 1. The summed E-state index contributed by atoms with van der Waals surface area (Å²) in [5, 5.41) is 3.55. The van der Waals surface area contributed by atoms with Crippen molar-refractivity contribution in [3.8, 4) is 0 Å². The van der Waals surface area contributed by atoms with Crippen LogP contribution in [0.15, 0.2) is 24.3 Å². The average molecular weight is 286 g/mol. The predicted octanol–water partition coefficient (Wildman–Crippen LogP) is 3.74. The molecule has 0 amide bonds. The fourth-order valence-electron chi connectivity index (χ4n) is 4.00. The molecule has 2 heteroatoms. The van der Waals surface area contributed by atoms with Crippen LogP contribution in [0.5, 0.6) is 0 Å². The van der Waals surface area contributed by atoms with E-state index >= 15 is 0 Å². The van der Waals surface area contributed by atoms with E-state index in [1.807, 2.05) is 0 Å². The van der Waals surface area contributed by atoms with Gasteiger partial charge in [-0.1, -0.05) is 43.5 Å². The molecule has 2 nitrogen and oxygen atoms in total. The lowest BCUT2D eigenvalue weighted by Gasteiger charge is -2.34. The van der Waals surface area contributed by atoms with Crippen molar-refractivity contribution >= 4 is 0 Å². The molecule has 1 saturated carbocycles. The van der Waals surface area contributed by atoms with Crippen molar-refractivity contribution in [3.63, 3.8) is 0 Å². The van der Waals surface area contributed by atoms with Gasteiger partial charge in [0.25, 0.3) is 0 Å². The SMILES string of the molecule is Cc1ccccc1CN(CC1CCCCC1)[C@H]1CCNC1. The van der Waals surface area contributed by atoms with Crippen LogP contribution >= 0.6 is 0 Å². The number of aryl methyl sites for hydroxylation is 1. The summed E-state index contributed by atoms with van der Waals surface area (Å²) in [4.78, 5) is 2.78. The fourth-order valence-corrected chi connectivity index (χ4v) is 4.00. The second-order valence-electron chi connectivity index (χ2n) is 7.01. The number of hydrogen-bond donors (Lipinski definition) is 1. The quantitative estimate of drug-likeness (QED) is 0.887. The lowest BCUT2D eigenvalue weighted by Crippen LogP contribution is -2.40. The van der Waals surface area contributed by atoms with Gasteiger partial charge in [-0.15, -0.1) is 0 Å². The van der Waals surface area contributed by atoms with Gasteiger partial charge in [0.15, 0.2) is 0 Å². The first-order valence-corrected chi connectivity index (χ1v) is 8.82. The maximum atomic E-state index is 3.55. The normalized spacial score (nSPS) is 23.8. The van der Waals surface area contributed by atoms with Crippen LogP contribution < -0.4 is 5.32 Å². The molecule has 1 aromatic carbocycles. The Labute approximate surface area is 129 Å². The summed E-state index contributed by atoms with van der Waals surface area (Å²) >= 11 is 0. The van der Waals surface area contributed by atoms with E-state index in [1.54, 1.807) is 0 Å². The van der Waals surface area contributed by atoms with Crippen LogP contribution in [0.4, 0.5) is 0 Å². The fraction of sp³-hybridized carbons (Fsp3) is 0.684. The molecule has 0 aromatic heterocycles. The first-order chi connectivity index (χ1) is 10.3. The molecule has 2 aliphatic rings. The van der Waals surface area contributed by atoms with Crippen molar-refractivity contribution in [2.45, 2.75) is 58.0 Å². The van der Waals surface area contributed by atoms with Crippen molar-refractivity contribution in [2.75, 3.05) is 19.6 Å². The lowest BCUT2D eigenvalue weighted by atomic mass is 9.88. The Morgan fingerprint density at radius 2 is 1.90 bits per heavy atom. The van der Waals surface area contributed by atoms with E-state index in [0.717, 1.165) is 18.5 Å². The summed E-state index contributed by atoms with van der Waals surface area (Å²) in [7, 11) is 0. The number of nitrogens with zero attached hydrogens (tertiary/aromatic N) is 1. The average Bonchev–Trinajstić information content (AvgIpc) is 3.04. The zero-order valence-corrected chi connectivity index (χ0v) is 13.5. The predicted molar refractivity (Wildman–Crippen MR) is 89.4 cm³/mol. The number of nitrogens with one attached hydrogen (secondary N) is 1. The van der Waals surface area contributed by atoms with Gasteiger partial charge in [-0.25, -0.2) is 0 Å². The van der Waals surface area contributed by atoms with E-state index in [4.69, 9.17) is 0 Å². The van der Waals surface area contributed by atoms with E-state index in [-0.39, 0.29) is 0 Å². The van der Waals surface area contributed by atoms with Crippen LogP contribution in [0.25, 0.3) is 0 Å². The highest BCUT2D eigenvalue weighted by atomic mass is 15.2. The van der Waals surface area contributed by atoms with Gasteiger partial charge in [-0.2, -0.15) is 0 Å². The molecular weight excluding hydrogens is 256 g/mol. The van der Waals surface area contributed by atoms with Gasteiger partial charge in [-0.05, 0) is 49.8 Å². The van der Waals surface area contributed by atoms with Gasteiger partial charge in [0, 0.05) is 25.7 Å². The summed E-state index contributed by atoms with van der Waals surface area (Å²) < 4.78 is 0. The third kappa shape index (κ3) is 4.08. The minimum atomic E-state index is 0.742. The molecule has 2 fully saturated rings. The lowest BCUT2D eigenvalue weighted by molar-refractivity contribution is 0.149. The largest absolute Gasteiger partial charge is 0.315 e. The third-order valence-corrected chi connectivity index (χ3v) is 5.40. The molecule has 1 N–H and O–H groups in total. The number of hydrogen-bond acceptors (Lipinski definition) is 2. The van der Waals surface area contributed by atoms with Crippen LogP contribution in [-0.2, 0) is 6.54 Å². The highest BCUT2D eigenvalue weighted by Gasteiger charge is 2.26. The smallest absolute Gasteiger partial charge is 0.0239 e. The van der Waals surface area contributed by atoms with Gasteiger partial charge in [0.2, 0.25) is 0 Å². The van der Waals surface area contributed by atoms with Crippen molar-refractivity contribution < 1.29 is 0 Å². The first kappa shape index (κ1) is 15.1. The van der Waals surface area contributed by atoms with E-state index in [2.05, 4.69) is 41.4 Å². The third-order valence-electron chi connectivity index (χ3n) is 5.40. The summed E-state index contributed by atoms with van der Waals surface area (Å²) in [6.45, 7) is 7.06. The minimum Gasteiger partial charge on any atom is -0.315 e. The zero-order valence-electron chi connectivity index (χ0n) is 13.5. The van der Waals surface area contributed by atoms with Gasteiger partial charge < -0.3 is 5.32 Å². The molecule has 116 valence electrons. The van der Waals surface area contributed by atoms with E-state index in [1.165, 1.54) is 69.3 Å². The van der Waals surface area contributed by atoms with E-state index in [0.29, 0.717) is 0 Å². The Hall–Kier alpha value is -0.860. The summed E-state index contributed by atoms with van der Waals surface area (Å²) in [5.74, 6) is 0.934. The Kier molecular flexibility index (Phi) is 5.32. The van der Waals surface area contributed by atoms with Gasteiger partial charge in [-0.3, -0.25) is 4.90 Å². The Morgan fingerprint density at radius 1 is 1.10 bits per heavy atom. The van der Waals surface area contributed by atoms with E-state index in [9.17, 15) is 0 Å². The van der Waals surface area contributed by atoms with Crippen LogP contribution in [0.3, 0.4) is 0 Å². The second-order valence-corrected chi connectivity index (χ2v) is 7.01. The Balaban J connectivity index is 1.67. The molecule has 1 saturated heterocycles. The molecule has 1 aromatic rings. The molecular formula is C19H30N2. The summed E-state index contributed by atoms with van der Waals surface area (Å²) in [5.41, 5.74) is 2.96. The molecule has 3 rings (SSSR count). The summed E-state index contributed by atoms with van der Waals surface area (Å²) in [6, 6.07) is 9.65. The highest BCUT2D eigenvalue weighted by molar-refractivity contribution is 5.25. The molecule has 21 heavy (non-hydrogen) atoms. The van der Waals surface area contributed by atoms with Gasteiger partial charge in [0.05, 0.1) is 0 Å². The maximum absolute atomic E-state index is 3.55. The van der Waals surface area contributed by atoms with Crippen LogP contribution in [0.1, 0.15) is 49.7 Å². The van der Waals surface area contributed by atoms with Gasteiger partial charge in [0.1, 0.15) is 0 Å². The monoisotopic (exact) mass is 286 g/mol. The van der Waals surface area contributed by atoms with Crippen molar-refractivity contribution in [3.05, 3.63) is 35.4 Å². The second kappa shape index (κ2) is 7.42. The molecule has 1 atom stereocenters. The molecule has 0 bridgehead atoms. The highest BCUT2D eigenvalue weighted by Crippen LogP contribution is 2.27. The number of rotatable bonds is 5. The van der Waals surface area contributed by atoms with Crippen molar-refractivity contribution in [1.29, 1.82) is 0 Å². The molecule has 1 aliphatic heterocycles. The van der Waals surface area contributed by atoms with Crippen LogP contribution in [0.2, 0.25) is 0 Å². The summed E-state index contributed by atoms with van der Waals surface area (Å²) in [6.07, 6.45) is 8.57. The Morgan fingerprint density at radius 3 is 2.62 bits per heavy atom. The topological polar surface area (TPSA) is 15.3 Å². The molecule has 0 unspecified atom stereocenters. The molecule has 0 radical (unpaired) electrons. The van der Waals surface area contributed by atoms with Crippen molar-refractivity contribution in [2.24, 2.45) is 5.92 Å².